The van der Waals surface area contributed by atoms with Gasteiger partial charge in [-0.05, 0) is 39.2 Å². The van der Waals surface area contributed by atoms with Crippen molar-refractivity contribution >= 4 is 11.5 Å². The fourth-order valence-corrected chi connectivity index (χ4v) is 2.36. The highest BCUT2D eigenvalue weighted by Gasteiger charge is 2.25. The van der Waals surface area contributed by atoms with Crippen molar-refractivity contribution < 1.29 is 4.92 Å². The van der Waals surface area contributed by atoms with Gasteiger partial charge in [-0.25, -0.2) is 4.98 Å². The molecule has 5 heteroatoms. The number of aromatic nitrogens is 1. The summed E-state index contributed by atoms with van der Waals surface area (Å²) in [5, 5.41) is 11.1. The summed E-state index contributed by atoms with van der Waals surface area (Å²) in [6.45, 7) is 5.40. The van der Waals surface area contributed by atoms with Gasteiger partial charge in [-0.15, -0.1) is 0 Å². The van der Waals surface area contributed by atoms with Gasteiger partial charge < -0.3 is 4.90 Å². The van der Waals surface area contributed by atoms with Crippen LogP contribution in [0, 0.1) is 24.0 Å². The molecular weight excluding hydrogens is 218 g/mol. The maximum atomic E-state index is 11.1. The molecule has 1 saturated heterocycles. The van der Waals surface area contributed by atoms with Gasteiger partial charge in [0.15, 0.2) is 0 Å². The maximum Gasteiger partial charge on any atom is 0.314 e. The zero-order valence-electron chi connectivity index (χ0n) is 10.3. The van der Waals surface area contributed by atoms with Crippen molar-refractivity contribution in [3.63, 3.8) is 0 Å². The van der Waals surface area contributed by atoms with Crippen LogP contribution in [-0.2, 0) is 0 Å². The number of hydrogen-bond donors (Lipinski definition) is 0. The summed E-state index contributed by atoms with van der Waals surface area (Å²) in [4.78, 5) is 17.2. The standard InChI is InChI=1S/C12H17N3O2/c1-9-8-10(2)13-12(11(9)15(16)17)14-6-4-3-5-7-14/h8H,3-7H2,1-2H3. The van der Waals surface area contributed by atoms with Crippen LogP contribution >= 0.6 is 0 Å². The Morgan fingerprint density at radius 3 is 2.53 bits per heavy atom. The van der Waals surface area contributed by atoms with E-state index in [4.69, 9.17) is 0 Å². The molecule has 0 N–H and O–H groups in total. The van der Waals surface area contributed by atoms with Gasteiger partial charge in [0.1, 0.15) is 0 Å². The molecule has 0 saturated carbocycles. The summed E-state index contributed by atoms with van der Waals surface area (Å²) in [7, 11) is 0. The number of nitrogens with zero attached hydrogens (tertiary/aromatic N) is 3. The fourth-order valence-electron chi connectivity index (χ4n) is 2.36. The first-order chi connectivity index (χ1) is 8.09. The summed E-state index contributed by atoms with van der Waals surface area (Å²) in [6.07, 6.45) is 3.38. The van der Waals surface area contributed by atoms with Crippen LogP contribution in [-0.4, -0.2) is 23.0 Å². The van der Waals surface area contributed by atoms with Crippen molar-refractivity contribution in [1.29, 1.82) is 0 Å². The lowest BCUT2D eigenvalue weighted by Gasteiger charge is -2.27. The predicted octanol–water partition coefficient (Wildman–Crippen LogP) is 2.60. The van der Waals surface area contributed by atoms with Crippen LogP contribution in [0.5, 0.6) is 0 Å². The van der Waals surface area contributed by atoms with Crippen LogP contribution in [0.3, 0.4) is 0 Å². The minimum Gasteiger partial charge on any atom is -0.351 e. The molecule has 1 aromatic heterocycles. The van der Waals surface area contributed by atoms with Crippen molar-refractivity contribution in [1.82, 2.24) is 4.98 Å². The van der Waals surface area contributed by atoms with E-state index in [1.54, 1.807) is 13.0 Å². The van der Waals surface area contributed by atoms with E-state index in [1.165, 1.54) is 6.42 Å². The Hall–Kier alpha value is -1.65. The third-order valence-corrected chi connectivity index (χ3v) is 3.13. The molecule has 1 fully saturated rings. The van der Waals surface area contributed by atoms with Crippen LogP contribution < -0.4 is 4.90 Å². The Bertz CT molecular complexity index is 440. The predicted molar refractivity (Wildman–Crippen MR) is 66.4 cm³/mol. The number of rotatable bonds is 2. The van der Waals surface area contributed by atoms with Gasteiger partial charge in [0, 0.05) is 24.3 Å². The van der Waals surface area contributed by atoms with E-state index in [1.807, 2.05) is 11.8 Å². The van der Waals surface area contributed by atoms with Gasteiger partial charge in [-0.3, -0.25) is 10.1 Å². The molecule has 5 nitrogen and oxygen atoms in total. The molecule has 0 atom stereocenters. The second kappa shape index (κ2) is 4.69. The van der Waals surface area contributed by atoms with Gasteiger partial charge >= 0.3 is 5.69 Å². The zero-order valence-corrected chi connectivity index (χ0v) is 10.3. The van der Waals surface area contributed by atoms with E-state index >= 15 is 0 Å². The molecule has 1 aliphatic heterocycles. The maximum absolute atomic E-state index is 11.1. The van der Waals surface area contributed by atoms with Gasteiger partial charge in [0.2, 0.25) is 5.82 Å². The number of piperidine rings is 1. The first-order valence-electron chi connectivity index (χ1n) is 5.97. The van der Waals surface area contributed by atoms with Gasteiger partial charge in [0.05, 0.1) is 4.92 Å². The summed E-state index contributed by atoms with van der Waals surface area (Å²) in [5.74, 6) is 0.548. The van der Waals surface area contributed by atoms with Crippen molar-refractivity contribution in [3.8, 4) is 0 Å². The largest absolute Gasteiger partial charge is 0.351 e. The lowest BCUT2D eigenvalue weighted by Crippen LogP contribution is -2.31. The van der Waals surface area contributed by atoms with Crippen molar-refractivity contribution in [2.45, 2.75) is 33.1 Å². The van der Waals surface area contributed by atoms with E-state index in [9.17, 15) is 10.1 Å². The molecule has 0 radical (unpaired) electrons. The lowest BCUT2D eigenvalue weighted by atomic mass is 10.1. The van der Waals surface area contributed by atoms with Crippen molar-refractivity contribution in [2.75, 3.05) is 18.0 Å². The molecule has 0 aromatic carbocycles. The third kappa shape index (κ3) is 2.38. The number of pyridine rings is 1. The van der Waals surface area contributed by atoms with Crippen LogP contribution in [0.1, 0.15) is 30.5 Å². The fraction of sp³-hybridized carbons (Fsp3) is 0.583. The Kier molecular flexibility index (Phi) is 3.26. The molecule has 0 spiro atoms. The van der Waals surface area contributed by atoms with E-state index in [-0.39, 0.29) is 10.6 Å². The second-order valence-corrected chi connectivity index (χ2v) is 4.56. The SMILES string of the molecule is Cc1cc(C)c([N+](=O)[O-])c(N2CCCCC2)n1. The molecular formula is C12H17N3O2. The van der Waals surface area contributed by atoms with Crippen LogP contribution in [0.15, 0.2) is 6.07 Å². The van der Waals surface area contributed by atoms with Crippen molar-refractivity contribution in [2.24, 2.45) is 0 Å². The molecule has 0 unspecified atom stereocenters. The highest BCUT2D eigenvalue weighted by Crippen LogP contribution is 2.31. The van der Waals surface area contributed by atoms with Crippen LogP contribution in [0.2, 0.25) is 0 Å². The minimum atomic E-state index is -0.314. The highest BCUT2D eigenvalue weighted by atomic mass is 16.6. The number of aryl methyl sites for hydroxylation is 2. The molecule has 1 aliphatic rings. The number of nitro groups is 1. The average molecular weight is 235 g/mol. The lowest BCUT2D eigenvalue weighted by molar-refractivity contribution is -0.384. The third-order valence-electron chi connectivity index (χ3n) is 3.13. The molecule has 2 rings (SSSR count). The highest BCUT2D eigenvalue weighted by molar-refractivity contribution is 5.62. The monoisotopic (exact) mass is 235 g/mol. The summed E-state index contributed by atoms with van der Waals surface area (Å²) in [6, 6.07) is 1.77. The zero-order chi connectivity index (χ0) is 12.4. The molecule has 92 valence electrons. The normalized spacial score (nSPS) is 16.0. The summed E-state index contributed by atoms with van der Waals surface area (Å²) < 4.78 is 0. The number of anilines is 1. The summed E-state index contributed by atoms with van der Waals surface area (Å²) in [5.41, 5.74) is 1.70. The summed E-state index contributed by atoms with van der Waals surface area (Å²) >= 11 is 0. The molecule has 0 amide bonds. The van der Waals surface area contributed by atoms with E-state index in [0.717, 1.165) is 31.6 Å². The van der Waals surface area contributed by atoms with Crippen LogP contribution in [0.25, 0.3) is 0 Å². The molecule has 2 heterocycles. The molecule has 1 aromatic rings. The van der Waals surface area contributed by atoms with Gasteiger partial charge in [-0.2, -0.15) is 0 Å². The Labute approximate surface area is 101 Å². The Morgan fingerprint density at radius 1 is 1.29 bits per heavy atom. The molecule has 0 bridgehead atoms. The quantitative estimate of drug-likeness (QED) is 0.584. The minimum absolute atomic E-state index is 0.164. The first-order valence-corrected chi connectivity index (χ1v) is 5.97. The smallest absolute Gasteiger partial charge is 0.314 e. The number of hydrogen-bond acceptors (Lipinski definition) is 4. The second-order valence-electron chi connectivity index (χ2n) is 4.56. The van der Waals surface area contributed by atoms with E-state index < -0.39 is 0 Å². The van der Waals surface area contributed by atoms with E-state index in [0.29, 0.717) is 11.4 Å². The van der Waals surface area contributed by atoms with Gasteiger partial charge in [0.25, 0.3) is 0 Å². The first kappa shape index (κ1) is 11.8. The van der Waals surface area contributed by atoms with E-state index in [2.05, 4.69) is 4.98 Å². The Balaban J connectivity index is 2.46. The molecule has 0 aliphatic carbocycles. The van der Waals surface area contributed by atoms with Crippen molar-refractivity contribution in [3.05, 3.63) is 27.4 Å². The average Bonchev–Trinajstić information content (AvgIpc) is 2.28. The molecule has 17 heavy (non-hydrogen) atoms. The Morgan fingerprint density at radius 2 is 1.94 bits per heavy atom. The van der Waals surface area contributed by atoms with Gasteiger partial charge in [-0.1, -0.05) is 0 Å². The topological polar surface area (TPSA) is 59.3 Å². The van der Waals surface area contributed by atoms with Crippen LogP contribution in [0.4, 0.5) is 11.5 Å².